The van der Waals surface area contributed by atoms with Gasteiger partial charge in [-0.3, -0.25) is 5.32 Å². The number of benzene rings is 1. The molecule has 1 heterocycles. The van der Waals surface area contributed by atoms with Gasteiger partial charge in [-0.25, -0.2) is 9.59 Å². The van der Waals surface area contributed by atoms with Crippen molar-refractivity contribution < 1.29 is 14.7 Å². The van der Waals surface area contributed by atoms with Gasteiger partial charge < -0.3 is 10.4 Å². The number of hydrogen-bond donors (Lipinski definition) is 3. The van der Waals surface area contributed by atoms with Gasteiger partial charge in [-0.2, -0.15) is 0 Å². The number of carboxylic acid groups (broad SMARTS) is 1. The summed E-state index contributed by atoms with van der Waals surface area (Å²) in [6.07, 6.45) is 0.729. The van der Waals surface area contributed by atoms with Crippen molar-refractivity contribution in [3.8, 4) is 0 Å². The molecule has 0 spiro atoms. The summed E-state index contributed by atoms with van der Waals surface area (Å²) in [5, 5.41) is 14.7. The number of anilines is 2. The monoisotopic (exact) mass is 290 g/mol. The van der Waals surface area contributed by atoms with Crippen molar-refractivity contribution in [2.24, 2.45) is 0 Å². The Kier molecular flexibility index (Phi) is 4.37. The first-order chi connectivity index (χ1) is 9.60. The summed E-state index contributed by atoms with van der Waals surface area (Å²) in [4.78, 5) is 23.9. The number of aromatic carboxylic acids is 1. The molecule has 1 aromatic heterocycles. The predicted molar refractivity (Wildman–Crippen MR) is 79.7 cm³/mol. The molecule has 0 unspecified atom stereocenters. The highest BCUT2D eigenvalue weighted by atomic mass is 32.1. The zero-order valence-corrected chi connectivity index (χ0v) is 11.7. The van der Waals surface area contributed by atoms with Gasteiger partial charge in [0.2, 0.25) is 0 Å². The highest BCUT2D eigenvalue weighted by Crippen LogP contribution is 2.28. The average molecular weight is 290 g/mol. The summed E-state index contributed by atoms with van der Waals surface area (Å²) < 4.78 is 0. The second-order valence-corrected chi connectivity index (χ2v) is 5.20. The average Bonchev–Trinajstić information content (AvgIpc) is 2.83. The first kappa shape index (κ1) is 14.1. The standard InChI is InChI=1S/C14H14N2O3S/c1-2-10-8-11(13(17)18)12(20-10)16-14(19)15-9-6-4-3-5-7-9/h3-8H,2H2,1H3,(H,17,18)(H2,15,16,19). The molecule has 2 amide bonds. The molecule has 0 aliphatic carbocycles. The van der Waals surface area contributed by atoms with Gasteiger partial charge in [0.1, 0.15) is 5.00 Å². The molecule has 104 valence electrons. The minimum absolute atomic E-state index is 0.120. The molecule has 0 saturated carbocycles. The molecular formula is C14H14N2O3S. The maximum Gasteiger partial charge on any atom is 0.338 e. The normalized spacial score (nSPS) is 10.1. The Bertz CT molecular complexity index is 623. The van der Waals surface area contributed by atoms with Crippen molar-refractivity contribution >= 4 is 34.0 Å². The molecule has 2 rings (SSSR count). The lowest BCUT2D eigenvalue weighted by molar-refractivity contribution is 0.0698. The van der Waals surface area contributed by atoms with E-state index in [-0.39, 0.29) is 5.56 Å². The number of nitrogens with one attached hydrogen (secondary N) is 2. The van der Waals surface area contributed by atoms with E-state index in [9.17, 15) is 9.59 Å². The van der Waals surface area contributed by atoms with Crippen molar-refractivity contribution in [1.82, 2.24) is 0 Å². The SMILES string of the molecule is CCc1cc(C(=O)O)c(NC(=O)Nc2ccccc2)s1. The molecule has 0 bridgehead atoms. The van der Waals surface area contributed by atoms with Crippen LogP contribution in [0.3, 0.4) is 0 Å². The largest absolute Gasteiger partial charge is 0.478 e. The molecule has 0 atom stereocenters. The van der Waals surface area contributed by atoms with E-state index in [0.717, 1.165) is 11.3 Å². The van der Waals surface area contributed by atoms with Gasteiger partial charge in [0.25, 0.3) is 0 Å². The van der Waals surface area contributed by atoms with Crippen molar-refractivity contribution in [3.05, 3.63) is 46.8 Å². The van der Waals surface area contributed by atoms with E-state index in [1.165, 1.54) is 11.3 Å². The lowest BCUT2D eigenvalue weighted by Crippen LogP contribution is -2.19. The molecule has 0 saturated heterocycles. The number of carbonyl (C=O) groups is 2. The molecule has 3 N–H and O–H groups in total. The third-order valence-corrected chi connectivity index (χ3v) is 3.82. The smallest absolute Gasteiger partial charge is 0.338 e. The number of para-hydroxylation sites is 1. The summed E-state index contributed by atoms with van der Waals surface area (Å²) in [5.74, 6) is -1.05. The van der Waals surface area contributed by atoms with Gasteiger partial charge in [0.15, 0.2) is 0 Å². The lowest BCUT2D eigenvalue weighted by Gasteiger charge is -2.06. The van der Waals surface area contributed by atoms with Crippen LogP contribution in [0, 0.1) is 0 Å². The molecular weight excluding hydrogens is 276 g/mol. The second kappa shape index (κ2) is 6.21. The third-order valence-electron chi connectivity index (χ3n) is 2.62. The van der Waals surface area contributed by atoms with E-state index >= 15 is 0 Å². The minimum Gasteiger partial charge on any atom is -0.478 e. The number of urea groups is 1. The Morgan fingerprint density at radius 2 is 1.90 bits per heavy atom. The van der Waals surface area contributed by atoms with E-state index < -0.39 is 12.0 Å². The Hall–Kier alpha value is -2.34. The molecule has 20 heavy (non-hydrogen) atoms. The summed E-state index contributed by atoms with van der Waals surface area (Å²) in [6, 6.07) is 10.1. The highest BCUT2D eigenvalue weighted by Gasteiger charge is 2.16. The molecule has 0 fully saturated rings. The highest BCUT2D eigenvalue weighted by molar-refractivity contribution is 7.16. The van der Waals surface area contributed by atoms with Crippen LogP contribution in [0.4, 0.5) is 15.5 Å². The van der Waals surface area contributed by atoms with Crippen LogP contribution in [0.1, 0.15) is 22.2 Å². The topological polar surface area (TPSA) is 78.4 Å². The lowest BCUT2D eigenvalue weighted by atomic mass is 10.2. The molecule has 0 aliphatic rings. The Morgan fingerprint density at radius 3 is 2.50 bits per heavy atom. The number of thiophene rings is 1. The first-order valence-electron chi connectivity index (χ1n) is 6.09. The Balaban J connectivity index is 2.11. The van der Waals surface area contributed by atoms with Crippen LogP contribution >= 0.6 is 11.3 Å². The summed E-state index contributed by atoms with van der Waals surface area (Å²) in [5.41, 5.74) is 0.768. The van der Waals surface area contributed by atoms with Crippen LogP contribution in [-0.2, 0) is 6.42 Å². The Labute approximate surface area is 120 Å². The van der Waals surface area contributed by atoms with Gasteiger partial charge in [0.05, 0.1) is 5.56 Å². The fourth-order valence-electron chi connectivity index (χ4n) is 1.65. The van der Waals surface area contributed by atoms with E-state index in [1.54, 1.807) is 30.3 Å². The number of hydrogen-bond acceptors (Lipinski definition) is 3. The van der Waals surface area contributed by atoms with Gasteiger partial charge in [-0.15, -0.1) is 11.3 Å². The molecule has 0 aliphatic heterocycles. The van der Waals surface area contributed by atoms with Gasteiger partial charge in [-0.05, 0) is 24.6 Å². The van der Waals surface area contributed by atoms with E-state index in [0.29, 0.717) is 10.7 Å². The van der Waals surface area contributed by atoms with Gasteiger partial charge >= 0.3 is 12.0 Å². The summed E-state index contributed by atoms with van der Waals surface area (Å²) >= 11 is 1.27. The molecule has 0 radical (unpaired) electrons. The first-order valence-corrected chi connectivity index (χ1v) is 6.91. The quantitative estimate of drug-likeness (QED) is 0.804. The van der Waals surface area contributed by atoms with Crippen LogP contribution in [-0.4, -0.2) is 17.1 Å². The molecule has 6 heteroatoms. The summed E-state index contributed by atoms with van der Waals surface area (Å²) in [7, 11) is 0. The van der Waals surface area contributed by atoms with E-state index in [1.807, 2.05) is 13.0 Å². The van der Waals surface area contributed by atoms with Crippen LogP contribution in [0.15, 0.2) is 36.4 Å². The Morgan fingerprint density at radius 1 is 1.20 bits per heavy atom. The van der Waals surface area contributed by atoms with Crippen molar-refractivity contribution in [2.75, 3.05) is 10.6 Å². The van der Waals surface area contributed by atoms with E-state index in [4.69, 9.17) is 5.11 Å². The number of carbonyl (C=O) groups excluding carboxylic acids is 1. The van der Waals surface area contributed by atoms with Gasteiger partial charge in [-0.1, -0.05) is 25.1 Å². The fourth-order valence-corrected chi connectivity index (χ4v) is 2.64. The predicted octanol–water partition coefficient (Wildman–Crippen LogP) is 3.65. The second-order valence-electron chi connectivity index (χ2n) is 4.06. The van der Waals surface area contributed by atoms with Crippen molar-refractivity contribution in [2.45, 2.75) is 13.3 Å². The van der Waals surface area contributed by atoms with Crippen LogP contribution in [0.2, 0.25) is 0 Å². The number of rotatable bonds is 4. The number of aryl methyl sites for hydroxylation is 1. The molecule has 2 aromatic rings. The number of amides is 2. The van der Waals surface area contributed by atoms with Crippen LogP contribution in [0.5, 0.6) is 0 Å². The third kappa shape index (κ3) is 3.36. The maximum atomic E-state index is 11.8. The summed E-state index contributed by atoms with van der Waals surface area (Å²) in [6.45, 7) is 1.94. The van der Waals surface area contributed by atoms with Gasteiger partial charge in [0, 0.05) is 10.6 Å². The fraction of sp³-hybridized carbons (Fsp3) is 0.143. The minimum atomic E-state index is -1.05. The maximum absolute atomic E-state index is 11.8. The zero-order chi connectivity index (χ0) is 14.5. The van der Waals surface area contributed by atoms with Crippen molar-refractivity contribution in [3.63, 3.8) is 0 Å². The molecule has 5 nitrogen and oxygen atoms in total. The van der Waals surface area contributed by atoms with Crippen LogP contribution in [0.25, 0.3) is 0 Å². The van der Waals surface area contributed by atoms with E-state index in [2.05, 4.69) is 10.6 Å². The van der Waals surface area contributed by atoms with Crippen LogP contribution < -0.4 is 10.6 Å². The number of carboxylic acids is 1. The zero-order valence-electron chi connectivity index (χ0n) is 10.8. The molecule has 1 aromatic carbocycles. The van der Waals surface area contributed by atoms with Crippen molar-refractivity contribution in [1.29, 1.82) is 0 Å².